The second-order valence-electron chi connectivity index (χ2n) is 28.9. The maximum atomic E-state index is 13.1. The third-order valence-corrected chi connectivity index (χ3v) is 19.2. The van der Waals surface area contributed by atoms with E-state index in [1.807, 2.05) is 0 Å². The summed E-state index contributed by atoms with van der Waals surface area (Å²) in [4.78, 5) is 72.8. The summed E-state index contributed by atoms with van der Waals surface area (Å²) in [5.41, 5.74) is 0. The zero-order valence-corrected chi connectivity index (χ0v) is 63.4. The van der Waals surface area contributed by atoms with Crippen LogP contribution in [0.15, 0.2) is 0 Å². The van der Waals surface area contributed by atoms with Gasteiger partial charge in [0.25, 0.3) is 0 Å². The van der Waals surface area contributed by atoms with Crippen LogP contribution in [-0.2, 0) is 65.4 Å². The lowest BCUT2D eigenvalue weighted by Gasteiger charge is -2.21. The fourth-order valence-electron chi connectivity index (χ4n) is 11.4. The summed E-state index contributed by atoms with van der Waals surface area (Å²) < 4.78 is 68.5. The van der Waals surface area contributed by atoms with Crippen molar-refractivity contribution >= 4 is 39.5 Å². The van der Waals surface area contributed by atoms with Gasteiger partial charge >= 0.3 is 39.5 Å². The molecule has 0 aliphatic heterocycles. The molecule has 558 valence electrons. The number of aliphatic hydroxyl groups is 1. The van der Waals surface area contributed by atoms with E-state index < -0.39 is 97.5 Å². The highest BCUT2D eigenvalue weighted by Gasteiger charge is 2.30. The molecule has 0 saturated carbocycles. The first kappa shape index (κ1) is 92.1. The van der Waals surface area contributed by atoms with Gasteiger partial charge in [0, 0.05) is 25.7 Å². The van der Waals surface area contributed by atoms with E-state index in [0.29, 0.717) is 31.6 Å². The maximum absolute atomic E-state index is 13.1. The Balaban J connectivity index is 5.24. The van der Waals surface area contributed by atoms with Crippen molar-refractivity contribution in [3.8, 4) is 0 Å². The van der Waals surface area contributed by atoms with Gasteiger partial charge < -0.3 is 33.8 Å². The highest BCUT2D eigenvalue weighted by Crippen LogP contribution is 2.45. The number of phosphoric ester groups is 2. The first-order valence-electron chi connectivity index (χ1n) is 38.7. The van der Waals surface area contributed by atoms with Crippen molar-refractivity contribution < 1.29 is 80.2 Å². The molecule has 94 heavy (non-hydrogen) atoms. The van der Waals surface area contributed by atoms with E-state index in [1.165, 1.54) is 173 Å². The van der Waals surface area contributed by atoms with Crippen LogP contribution in [0.25, 0.3) is 0 Å². The van der Waals surface area contributed by atoms with Gasteiger partial charge in [-0.25, -0.2) is 9.13 Å². The molecule has 0 aliphatic rings. The zero-order chi connectivity index (χ0) is 69.6. The molecule has 0 radical (unpaired) electrons. The van der Waals surface area contributed by atoms with Gasteiger partial charge in [0.2, 0.25) is 0 Å². The summed E-state index contributed by atoms with van der Waals surface area (Å²) >= 11 is 0. The van der Waals surface area contributed by atoms with E-state index in [-0.39, 0.29) is 25.7 Å². The first-order valence-corrected chi connectivity index (χ1v) is 41.7. The van der Waals surface area contributed by atoms with Crippen molar-refractivity contribution in [1.82, 2.24) is 0 Å². The number of phosphoric acid groups is 2. The van der Waals surface area contributed by atoms with Crippen LogP contribution in [0.1, 0.15) is 376 Å². The minimum atomic E-state index is -4.96. The first-order chi connectivity index (χ1) is 45.1. The van der Waals surface area contributed by atoms with Gasteiger partial charge in [0.1, 0.15) is 19.3 Å². The van der Waals surface area contributed by atoms with E-state index >= 15 is 0 Å². The standard InChI is InChI=1S/C75H146O17P2/c1-65(2)51-43-35-27-20-14-11-9-10-12-16-24-32-41-49-57-74(79)92-71(62-86-73(78)56-48-40-34-26-30-38-46-54-68(7)8)64-90-94(83,84)88-60-69(76)59-87-93(81,82)89-63-70(91-75(80)58-50-42-33-25-19-18-22-29-37-45-53-67(5)6)61-85-72(77)55-47-39-31-23-17-13-15-21-28-36-44-52-66(3)4/h65-71,76H,9-64H2,1-8H3,(H,81,82)(H,83,84)/t69?,70-,71-/m1/s1. The van der Waals surface area contributed by atoms with Crippen molar-refractivity contribution in [3.05, 3.63) is 0 Å². The van der Waals surface area contributed by atoms with Crippen LogP contribution in [0, 0.1) is 23.7 Å². The summed E-state index contributed by atoms with van der Waals surface area (Å²) in [5, 5.41) is 10.6. The summed E-state index contributed by atoms with van der Waals surface area (Å²) in [5.74, 6) is 0.901. The molecule has 19 heteroatoms. The SMILES string of the molecule is CC(C)CCCCCCCCCCCCCCCCC(=O)O[C@H](COC(=O)CCCCCCCCCC(C)C)COP(=O)(O)OCC(O)COP(=O)(O)OC[C@@H](COC(=O)CCCCCCCCCCCCCC(C)C)OC(=O)CCCCCCCCCCCCC(C)C. The van der Waals surface area contributed by atoms with Gasteiger partial charge in [-0.2, -0.15) is 0 Å². The molecule has 0 bridgehead atoms. The third kappa shape index (κ3) is 68.6. The summed E-state index contributed by atoms with van der Waals surface area (Å²) in [6.07, 6.45) is 48.6. The molecule has 0 aliphatic carbocycles. The number of hydrogen-bond acceptors (Lipinski definition) is 15. The molecule has 0 saturated heterocycles. The van der Waals surface area contributed by atoms with Gasteiger partial charge in [-0.15, -0.1) is 0 Å². The number of unbranched alkanes of at least 4 members (excludes halogenated alkanes) is 38. The molecular formula is C75H146O17P2. The van der Waals surface area contributed by atoms with Crippen LogP contribution in [0.2, 0.25) is 0 Å². The van der Waals surface area contributed by atoms with E-state index in [2.05, 4.69) is 55.4 Å². The Bertz CT molecular complexity index is 1850. The Morgan fingerprint density at radius 1 is 0.266 bits per heavy atom. The lowest BCUT2D eigenvalue weighted by Crippen LogP contribution is -2.30. The summed E-state index contributed by atoms with van der Waals surface area (Å²) in [7, 11) is -9.91. The Hall–Kier alpha value is -1.94. The minimum absolute atomic E-state index is 0.105. The van der Waals surface area contributed by atoms with E-state index in [9.17, 15) is 43.2 Å². The molecular weight excluding hydrogens is 1230 g/mol. The smallest absolute Gasteiger partial charge is 0.462 e. The molecule has 3 unspecified atom stereocenters. The summed E-state index contributed by atoms with van der Waals surface area (Å²) in [6.45, 7) is 14.2. The van der Waals surface area contributed by atoms with E-state index in [1.54, 1.807) is 0 Å². The molecule has 17 nitrogen and oxygen atoms in total. The normalized spacial score (nSPS) is 14.2. The highest BCUT2D eigenvalue weighted by atomic mass is 31.2. The van der Waals surface area contributed by atoms with Gasteiger partial charge in [-0.1, -0.05) is 325 Å². The van der Waals surface area contributed by atoms with Crippen LogP contribution in [0.4, 0.5) is 0 Å². The molecule has 0 aromatic rings. The van der Waals surface area contributed by atoms with Crippen molar-refractivity contribution in [2.45, 2.75) is 395 Å². The monoisotopic (exact) mass is 1380 g/mol. The predicted molar refractivity (Wildman–Crippen MR) is 381 cm³/mol. The fraction of sp³-hybridized carbons (Fsp3) is 0.947. The number of ether oxygens (including phenoxy) is 4. The largest absolute Gasteiger partial charge is 0.472 e. The van der Waals surface area contributed by atoms with E-state index in [4.69, 9.17) is 37.0 Å². The molecule has 0 spiro atoms. The second-order valence-corrected chi connectivity index (χ2v) is 31.9. The van der Waals surface area contributed by atoms with Crippen molar-refractivity contribution in [2.24, 2.45) is 23.7 Å². The van der Waals surface area contributed by atoms with Gasteiger partial charge in [-0.05, 0) is 49.4 Å². The molecule has 0 aromatic carbocycles. The van der Waals surface area contributed by atoms with Crippen LogP contribution in [0.5, 0.6) is 0 Å². The molecule has 0 amide bonds. The fourth-order valence-corrected chi connectivity index (χ4v) is 13.0. The van der Waals surface area contributed by atoms with Gasteiger partial charge in [0.05, 0.1) is 26.4 Å². The lowest BCUT2D eigenvalue weighted by atomic mass is 10.0. The molecule has 5 atom stereocenters. The van der Waals surface area contributed by atoms with Crippen LogP contribution >= 0.6 is 15.6 Å². The number of hydrogen-bond donors (Lipinski definition) is 3. The predicted octanol–water partition coefficient (Wildman–Crippen LogP) is 21.7. The van der Waals surface area contributed by atoms with Crippen LogP contribution in [-0.4, -0.2) is 96.7 Å². The number of rotatable bonds is 72. The Labute approximate surface area is 575 Å². The topological polar surface area (TPSA) is 237 Å². The lowest BCUT2D eigenvalue weighted by molar-refractivity contribution is -0.161. The average molecular weight is 1380 g/mol. The third-order valence-electron chi connectivity index (χ3n) is 17.3. The Morgan fingerprint density at radius 2 is 0.447 bits per heavy atom. The zero-order valence-electron chi connectivity index (χ0n) is 61.6. The number of esters is 4. The van der Waals surface area contributed by atoms with Crippen molar-refractivity contribution in [2.75, 3.05) is 39.6 Å². The maximum Gasteiger partial charge on any atom is 0.472 e. The van der Waals surface area contributed by atoms with Gasteiger partial charge in [-0.3, -0.25) is 37.3 Å². The molecule has 0 heterocycles. The summed E-state index contributed by atoms with van der Waals surface area (Å²) in [6, 6.07) is 0. The molecule has 0 fully saturated rings. The molecule has 3 N–H and O–H groups in total. The molecule has 0 aromatic heterocycles. The number of carbonyl (C=O) groups excluding carboxylic acids is 4. The second kappa shape index (κ2) is 64.4. The van der Waals surface area contributed by atoms with Crippen LogP contribution in [0.3, 0.4) is 0 Å². The van der Waals surface area contributed by atoms with Crippen molar-refractivity contribution in [1.29, 1.82) is 0 Å². The highest BCUT2D eigenvalue weighted by molar-refractivity contribution is 7.47. The minimum Gasteiger partial charge on any atom is -0.462 e. The van der Waals surface area contributed by atoms with Crippen molar-refractivity contribution in [3.63, 3.8) is 0 Å². The Kier molecular flexibility index (Phi) is 63.1. The quantitative estimate of drug-likeness (QED) is 0.0222. The average Bonchev–Trinajstić information content (AvgIpc) is 3.55. The van der Waals surface area contributed by atoms with E-state index in [0.717, 1.165) is 114 Å². The molecule has 0 rings (SSSR count). The number of aliphatic hydroxyl groups excluding tert-OH is 1. The Morgan fingerprint density at radius 3 is 0.660 bits per heavy atom. The van der Waals surface area contributed by atoms with Gasteiger partial charge in [0.15, 0.2) is 12.2 Å². The number of carbonyl (C=O) groups is 4. The van der Waals surface area contributed by atoms with Crippen LogP contribution < -0.4 is 0 Å².